The first-order valence-corrected chi connectivity index (χ1v) is 7.69. The summed E-state index contributed by atoms with van der Waals surface area (Å²) in [6, 6.07) is 0. The zero-order chi connectivity index (χ0) is 15.3. The molecule has 0 aliphatic heterocycles. The lowest BCUT2D eigenvalue weighted by Crippen LogP contribution is -2.35. The molecule has 0 radical (unpaired) electrons. The van der Waals surface area contributed by atoms with Crippen molar-refractivity contribution in [1.29, 1.82) is 0 Å². The van der Waals surface area contributed by atoms with E-state index >= 15 is 0 Å². The van der Waals surface area contributed by atoms with Crippen LogP contribution in [-0.4, -0.2) is 23.1 Å². The number of carboxylic acids is 1. The van der Waals surface area contributed by atoms with Gasteiger partial charge in [-0.15, -0.1) is 0 Å². The van der Waals surface area contributed by atoms with E-state index in [9.17, 15) is 9.59 Å². The number of hydrogen-bond acceptors (Lipinski definition) is 3. The summed E-state index contributed by atoms with van der Waals surface area (Å²) in [5.74, 6) is -1.28. The zero-order valence-corrected chi connectivity index (χ0v) is 13.1. The molecule has 0 bridgehead atoms. The summed E-state index contributed by atoms with van der Waals surface area (Å²) in [6.07, 6.45) is 4.25. The molecule has 0 aromatic heterocycles. The van der Waals surface area contributed by atoms with Gasteiger partial charge < -0.3 is 9.84 Å². The van der Waals surface area contributed by atoms with Gasteiger partial charge in [-0.2, -0.15) is 0 Å². The summed E-state index contributed by atoms with van der Waals surface area (Å²) in [5.41, 5.74) is -0.0517. The van der Waals surface area contributed by atoms with Gasteiger partial charge in [-0.05, 0) is 37.5 Å². The summed E-state index contributed by atoms with van der Waals surface area (Å²) in [7, 11) is 0. The minimum Gasteiger partial charge on any atom is -0.481 e. The van der Waals surface area contributed by atoms with Gasteiger partial charge in [-0.25, -0.2) is 0 Å². The molecule has 1 atom stereocenters. The molecule has 1 N–H and O–H groups in total. The number of hydrogen-bond donors (Lipinski definition) is 1. The van der Waals surface area contributed by atoms with Crippen LogP contribution in [0.4, 0.5) is 0 Å². The largest absolute Gasteiger partial charge is 0.481 e. The monoisotopic (exact) mass is 284 g/mol. The second-order valence-corrected chi connectivity index (χ2v) is 6.97. The summed E-state index contributed by atoms with van der Waals surface area (Å²) < 4.78 is 5.70. The molecule has 1 fully saturated rings. The quantitative estimate of drug-likeness (QED) is 0.783. The smallest absolute Gasteiger partial charge is 0.309 e. The molecule has 20 heavy (non-hydrogen) atoms. The fourth-order valence-electron chi connectivity index (χ4n) is 2.74. The van der Waals surface area contributed by atoms with Crippen LogP contribution in [0.2, 0.25) is 0 Å². The van der Waals surface area contributed by atoms with Crippen molar-refractivity contribution in [2.24, 2.45) is 17.3 Å². The minimum absolute atomic E-state index is 0.0517. The van der Waals surface area contributed by atoms with Gasteiger partial charge in [0.25, 0.3) is 0 Å². The molecule has 1 rings (SSSR count). The highest BCUT2D eigenvalue weighted by molar-refractivity contribution is 5.74. The van der Waals surface area contributed by atoms with E-state index in [1.165, 1.54) is 0 Å². The summed E-state index contributed by atoms with van der Waals surface area (Å²) in [5, 5.41) is 8.97. The van der Waals surface area contributed by atoms with E-state index in [-0.39, 0.29) is 29.3 Å². The Morgan fingerprint density at radius 2 is 1.65 bits per heavy atom. The molecule has 0 aromatic carbocycles. The molecule has 0 saturated heterocycles. The third-order valence-electron chi connectivity index (χ3n) is 4.18. The number of ether oxygens (including phenoxy) is 1. The van der Waals surface area contributed by atoms with E-state index in [0.717, 1.165) is 12.8 Å². The predicted molar refractivity (Wildman–Crippen MR) is 77.3 cm³/mol. The van der Waals surface area contributed by atoms with Gasteiger partial charge in [-0.1, -0.05) is 34.1 Å². The van der Waals surface area contributed by atoms with Crippen molar-refractivity contribution < 1.29 is 19.4 Å². The van der Waals surface area contributed by atoms with E-state index in [0.29, 0.717) is 25.7 Å². The molecule has 1 aliphatic rings. The van der Waals surface area contributed by atoms with Crippen LogP contribution in [0.5, 0.6) is 0 Å². The Bertz CT molecular complexity index is 335. The van der Waals surface area contributed by atoms with E-state index in [1.807, 2.05) is 0 Å². The molecule has 1 aliphatic carbocycles. The maximum Gasteiger partial charge on any atom is 0.309 e. The van der Waals surface area contributed by atoms with Gasteiger partial charge in [0.1, 0.15) is 6.10 Å². The molecule has 4 heteroatoms. The average molecular weight is 284 g/mol. The third-order valence-corrected chi connectivity index (χ3v) is 4.18. The molecule has 1 saturated carbocycles. The van der Waals surface area contributed by atoms with Gasteiger partial charge in [0.15, 0.2) is 0 Å². The number of carbonyl (C=O) groups is 2. The van der Waals surface area contributed by atoms with Crippen molar-refractivity contribution in [1.82, 2.24) is 0 Å². The van der Waals surface area contributed by atoms with E-state index in [2.05, 4.69) is 27.7 Å². The minimum atomic E-state index is -0.740. The molecular formula is C16H28O4. The van der Waals surface area contributed by atoms with Crippen molar-refractivity contribution in [3.63, 3.8) is 0 Å². The van der Waals surface area contributed by atoms with Gasteiger partial charge in [0.2, 0.25) is 0 Å². The standard InChI is InChI=1S/C16H28O4/c1-5-6-13(16(2,3)4)20-15(19)12-9-7-11(8-10-12)14(17)18/h11-13H,5-10H2,1-4H3,(H,17,18). The highest BCUT2D eigenvalue weighted by Crippen LogP contribution is 2.32. The first-order valence-electron chi connectivity index (χ1n) is 7.69. The number of carboxylic acid groups (broad SMARTS) is 1. The van der Waals surface area contributed by atoms with Crippen LogP contribution in [0.1, 0.15) is 66.2 Å². The molecule has 1 unspecified atom stereocenters. The second kappa shape index (κ2) is 7.09. The lowest BCUT2D eigenvalue weighted by molar-refractivity contribution is -0.163. The van der Waals surface area contributed by atoms with Gasteiger partial charge in [0.05, 0.1) is 11.8 Å². The Hall–Kier alpha value is -1.06. The molecule has 0 spiro atoms. The number of carbonyl (C=O) groups excluding carboxylic acids is 1. The van der Waals surface area contributed by atoms with Crippen molar-refractivity contribution >= 4 is 11.9 Å². The molecule has 0 heterocycles. The lowest BCUT2D eigenvalue weighted by atomic mass is 9.81. The Balaban J connectivity index is 2.52. The fourth-order valence-corrected chi connectivity index (χ4v) is 2.74. The van der Waals surface area contributed by atoms with Crippen LogP contribution in [0.15, 0.2) is 0 Å². The second-order valence-electron chi connectivity index (χ2n) is 6.97. The van der Waals surface area contributed by atoms with Crippen molar-refractivity contribution in [3.8, 4) is 0 Å². The number of aliphatic carboxylic acids is 1. The third kappa shape index (κ3) is 4.80. The van der Waals surface area contributed by atoms with Gasteiger partial charge >= 0.3 is 11.9 Å². The SMILES string of the molecule is CCCC(OC(=O)C1CCC(C(=O)O)CC1)C(C)(C)C. The highest BCUT2D eigenvalue weighted by Gasteiger charge is 2.34. The van der Waals surface area contributed by atoms with Crippen molar-refractivity contribution in [2.45, 2.75) is 72.3 Å². The van der Waals surface area contributed by atoms with Crippen LogP contribution >= 0.6 is 0 Å². The normalized spacial score (nSPS) is 25.0. The number of esters is 1. The Morgan fingerprint density at radius 1 is 1.15 bits per heavy atom. The Kier molecular flexibility index (Phi) is 6.03. The lowest BCUT2D eigenvalue weighted by Gasteiger charge is -2.32. The number of rotatable bonds is 5. The fraction of sp³-hybridized carbons (Fsp3) is 0.875. The maximum absolute atomic E-state index is 12.2. The van der Waals surface area contributed by atoms with Crippen LogP contribution in [0, 0.1) is 17.3 Å². The molecule has 0 aromatic rings. The topological polar surface area (TPSA) is 63.6 Å². The van der Waals surface area contributed by atoms with Gasteiger partial charge in [-0.3, -0.25) is 9.59 Å². The van der Waals surface area contributed by atoms with Crippen LogP contribution < -0.4 is 0 Å². The van der Waals surface area contributed by atoms with Crippen molar-refractivity contribution in [2.75, 3.05) is 0 Å². The van der Waals surface area contributed by atoms with E-state index in [4.69, 9.17) is 9.84 Å². The van der Waals surface area contributed by atoms with Crippen LogP contribution in [0.3, 0.4) is 0 Å². The maximum atomic E-state index is 12.2. The van der Waals surface area contributed by atoms with Crippen molar-refractivity contribution in [3.05, 3.63) is 0 Å². The highest BCUT2D eigenvalue weighted by atomic mass is 16.5. The molecule has 116 valence electrons. The predicted octanol–water partition coefficient (Wildman–Crippen LogP) is 3.64. The molecular weight excluding hydrogens is 256 g/mol. The first-order chi connectivity index (χ1) is 9.25. The summed E-state index contributed by atoms with van der Waals surface area (Å²) in [6.45, 7) is 8.34. The summed E-state index contributed by atoms with van der Waals surface area (Å²) >= 11 is 0. The summed E-state index contributed by atoms with van der Waals surface area (Å²) in [4.78, 5) is 23.1. The van der Waals surface area contributed by atoms with E-state index in [1.54, 1.807) is 0 Å². The average Bonchev–Trinajstić information content (AvgIpc) is 2.37. The zero-order valence-electron chi connectivity index (χ0n) is 13.1. The molecule has 0 amide bonds. The van der Waals surface area contributed by atoms with E-state index < -0.39 is 5.97 Å². The van der Waals surface area contributed by atoms with Crippen LogP contribution in [0.25, 0.3) is 0 Å². The first kappa shape index (κ1) is 17.0. The Labute approximate surface area is 121 Å². The van der Waals surface area contributed by atoms with Crippen LogP contribution in [-0.2, 0) is 14.3 Å². The van der Waals surface area contributed by atoms with Gasteiger partial charge in [0, 0.05) is 0 Å². The Morgan fingerprint density at radius 3 is 2.05 bits per heavy atom. The molecule has 4 nitrogen and oxygen atoms in total.